The molecule has 1 aromatic heterocycles. The zero-order chi connectivity index (χ0) is 25.5. The Balaban J connectivity index is 1.84. The number of likely N-dealkylation sites (tertiary alicyclic amines) is 1. The SMILES string of the molecule is Cc1cc(C)n(C(=O)C(ON2C(C)(C)CCCC2(C)C)C2CCN(C(=O)OC(C)(C)C)CC2)n1. The molecule has 3 heterocycles. The van der Waals surface area contributed by atoms with Crippen molar-refractivity contribution in [2.75, 3.05) is 13.1 Å². The first-order valence-corrected chi connectivity index (χ1v) is 12.6. The Morgan fingerprint density at radius 3 is 2.09 bits per heavy atom. The van der Waals surface area contributed by atoms with E-state index in [1.54, 1.807) is 4.90 Å². The third-order valence-electron chi connectivity index (χ3n) is 6.98. The lowest BCUT2D eigenvalue weighted by Crippen LogP contribution is -2.61. The van der Waals surface area contributed by atoms with Gasteiger partial charge in [-0.2, -0.15) is 10.2 Å². The summed E-state index contributed by atoms with van der Waals surface area (Å²) < 4.78 is 7.04. The third-order valence-corrected chi connectivity index (χ3v) is 6.98. The van der Waals surface area contributed by atoms with Crippen molar-refractivity contribution in [3.63, 3.8) is 0 Å². The van der Waals surface area contributed by atoms with Crippen LogP contribution in [0.1, 0.15) is 96.8 Å². The largest absolute Gasteiger partial charge is 0.444 e. The van der Waals surface area contributed by atoms with Crippen molar-refractivity contribution >= 4 is 12.0 Å². The molecule has 0 aliphatic carbocycles. The van der Waals surface area contributed by atoms with Crippen LogP contribution < -0.4 is 0 Å². The summed E-state index contributed by atoms with van der Waals surface area (Å²) in [6, 6.07) is 1.91. The predicted octanol–water partition coefficient (Wildman–Crippen LogP) is 5.13. The normalized spacial score (nSPS) is 22.4. The first-order valence-electron chi connectivity index (χ1n) is 12.6. The maximum Gasteiger partial charge on any atom is 0.410 e. The molecule has 0 spiro atoms. The highest BCUT2D eigenvalue weighted by molar-refractivity contribution is 5.83. The van der Waals surface area contributed by atoms with Crippen LogP contribution in [0.25, 0.3) is 0 Å². The first kappa shape index (κ1) is 26.7. The topological polar surface area (TPSA) is 76.9 Å². The van der Waals surface area contributed by atoms with Crippen LogP contribution in [0.4, 0.5) is 4.79 Å². The number of aromatic nitrogens is 2. The molecule has 2 fully saturated rings. The van der Waals surface area contributed by atoms with Crippen molar-refractivity contribution in [1.82, 2.24) is 19.7 Å². The maximum absolute atomic E-state index is 13.8. The van der Waals surface area contributed by atoms with E-state index in [-0.39, 0.29) is 29.0 Å². The summed E-state index contributed by atoms with van der Waals surface area (Å²) in [4.78, 5) is 34.8. The van der Waals surface area contributed by atoms with Crippen LogP contribution in [0, 0.1) is 19.8 Å². The highest BCUT2D eigenvalue weighted by Gasteiger charge is 2.47. The summed E-state index contributed by atoms with van der Waals surface area (Å²) in [5.41, 5.74) is 0.706. The van der Waals surface area contributed by atoms with Gasteiger partial charge >= 0.3 is 6.09 Å². The first-order chi connectivity index (χ1) is 15.6. The van der Waals surface area contributed by atoms with E-state index in [1.165, 1.54) is 4.68 Å². The number of aryl methyl sites for hydroxylation is 2. The second kappa shape index (κ2) is 9.61. The van der Waals surface area contributed by atoms with Crippen molar-refractivity contribution in [2.24, 2.45) is 5.92 Å². The molecule has 8 nitrogen and oxygen atoms in total. The molecular formula is C26H44N4O4. The summed E-state index contributed by atoms with van der Waals surface area (Å²) in [6.07, 6.45) is 3.52. The van der Waals surface area contributed by atoms with E-state index in [4.69, 9.17) is 9.57 Å². The molecule has 1 unspecified atom stereocenters. The van der Waals surface area contributed by atoms with Crippen molar-refractivity contribution in [3.8, 4) is 0 Å². The highest BCUT2D eigenvalue weighted by atomic mass is 16.7. The van der Waals surface area contributed by atoms with Crippen LogP contribution in [0.2, 0.25) is 0 Å². The van der Waals surface area contributed by atoms with Crippen LogP contribution in [0.15, 0.2) is 6.07 Å². The molecular weight excluding hydrogens is 432 g/mol. The van der Waals surface area contributed by atoms with Gasteiger partial charge in [-0.05, 0) is 106 Å². The number of piperidine rings is 2. The fourth-order valence-electron chi connectivity index (χ4n) is 5.39. The fraction of sp³-hybridized carbons (Fsp3) is 0.808. The summed E-state index contributed by atoms with van der Waals surface area (Å²) >= 11 is 0. The smallest absolute Gasteiger partial charge is 0.410 e. The minimum atomic E-state index is -0.671. The molecule has 2 aliphatic heterocycles. The Kier molecular flexibility index (Phi) is 7.54. The van der Waals surface area contributed by atoms with Crippen molar-refractivity contribution in [2.45, 2.75) is 117 Å². The number of nitrogens with zero attached hydrogens (tertiary/aromatic N) is 4. The van der Waals surface area contributed by atoms with Gasteiger partial charge in [-0.25, -0.2) is 9.48 Å². The van der Waals surface area contributed by atoms with Crippen LogP contribution in [0.5, 0.6) is 0 Å². The van der Waals surface area contributed by atoms with Crippen LogP contribution >= 0.6 is 0 Å². The van der Waals surface area contributed by atoms with Crippen molar-refractivity contribution < 1.29 is 19.2 Å². The molecule has 2 aliphatic rings. The zero-order valence-corrected chi connectivity index (χ0v) is 22.6. The van der Waals surface area contributed by atoms with Gasteiger partial charge in [0.1, 0.15) is 5.60 Å². The Morgan fingerprint density at radius 2 is 1.62 bits per heavy atom. The Labute approximate surface area is 204 Å². The number of ether oxygens (including phenoxy) is 1. The summed E-state index contributed by atoms with van der Waals surface area (Å²) in [5, 5.41) is 6.53. The molecule has 8 heteroatoms. The summed E-state index contributed by atoms with van der Waals surface area (Å²) in [5.74, 6) is -0.165. The van der Waals surface area contributed by atoms with Crippen LogP contribution in [-0.2, 0) is 9.57 Å². The lowest BCUT2D eigenvalue weighted by Gasteiger charge is -2.53. The molecule has 3 rings (SSSR count). The number of hydrogen-bond acceptors (Lipinski definition) is 6. The van der Waals surface area contributed by atoms with Gasteiger partial charge in [-0.15, -0.1) is 0 Å². The molecule has 0 radical (unpaired) electrons. The average Bonchev–Trinajstić information content (AvgIpc) is 3.03. The molecule has 2 saturated heterocycles. The lowest BCUT2D eigenvalue weighted by atomic mass is 9.82. The average molecular weight is 477 g/mol. The Hall–Kier alpha value is -1.93. The van der Waals surface area contributed by atoms with E-state index in [0.29, 0.717) is 25.9 Å². The molecule has 34 heavy (non-hydrogen) atoms. The van der Waals surface area contributed by atoms with Gasteiger partial charge in [0.25, 0.3) is 5.91 Å². The Morgan fingerprint density at radius 1 is 1.06 bits per heavy atom. The van der Waals surface area contributed by atoms with E-state index in [1.807, 2.05) is 40.7 Å². The quantitative estimate of drug-likeness (QED) is 0.600. The number of hydroxylamine groups is 2. The standard InChI is InChI=1S/C26H44N4O4/c1-18-17-19(2)29(27-18)22(31)21(34-30-25(6,7)13-10-14-26(30,8)9)20-11-15-28(16-12-20)23(32)33-24(3,4)5/h17,20-21H,10-16H2,1-9H3. The second-order valence-corrected chi connectivity index (χ2v) is 12.3. The van der Waals surface area contributed by atoms with Gasteiger partial charge in [0.05, 0.1) is 5.69 Å². The summed E-state index contributed by atoms with van der Waals surface area (Å²) in [7, 11) is 0. The molecule has 1 amide bonds. The number of carbonyl (C=O) groups is 2. The van der Waals surface area contributed by atoms with Gasteiger partial charge in [0.15, 0.2) is 6.10 Å². The van der Waals surface area contributed by atoms with Gasteiger partial charge in [-0.1, -0.05) is 0 Å². The Bertz CT molecular complexity index is 875. The van der Waals surface area contributed by atoms with Gasteiger partial charge < -0.3 is 9.64 Å². The number of hydrogen-bond donors (Lipinski definition) is 0. The number of carbonyl (C=O) groups excluding carboxylic acids is 2. The van der Waals surface area contributed by atoms with Gasteiger partial charge in [-0.3, -0.25) is 9.63 Å². The van der Waals surface area contributed by atoms with Crippen LogP contribution in [-0.4, -0.2) is 67.6 Å². The van der Waals surface area contributed by atoms with Crippen LogP contribution in [0.3, 0.4) is 0 Å². The van der Waals surface area contributed by atoms with E-state index >= 15 is 0 Å². The second-order valence-electron chi connectivity index (χ2n) is 12.3. The molecule has 0 N–H and O–H groups in total. The van der Waals surface area contributed by atoms with E-state index in [0.717, 1.165) is 30.7 Å². The van der Waals surface area contributed by atoms with Gasteiger partial charge in [0.2, 0.25) is 0 Å². The molecule has 0 bridgehead atoms. The molecule has 192 valence electrons. The van der Waals surface area contributed by atoms with Crippen molar-refractivity contribution in [3.05, 3.63) is 17.5 Å². The fourth-order valence-corrected chi connectivity index (χ4v) is 5.39. The highest BCUT2D eigenvalue weighted by Crippen LogP contribution is 2.40. The maximum atomic E-state index is 13.8. The van der Waals surface area contributed by atoms with Gasteiger partial charge in [0, 0.05) is 29.9 Å². The number of amides is 1. The summed E-state index contributed by atoms with van der Waals surface area (Å²) in [6.45, 7) is 19.2. The van der Waals surface area contributed by atoms with E-state index in [2.05, 4.69) is 37.9 Å². The molecule has 1 aromatic rings. The molecule has 1 atom stereocenters. The van der Waals surface area contributed by atoms with E-state index in [9.17, 15) is 9.59 Å². The lowest BCUT2D eigenvalue weighted by molar-refractivity contribution is -0.303. The minimum Gasteiger partial charge on any atom is -0.444 e. The number of rotatable bonds is 4. The zero-order valence-electron chi connectivity index (χ0n) is 22.6. The monoisotopic (exact) mass is 476 g/mol. The minimum absolute atomic E-state index is 0.0244. The molecule has 0 saturated carbocycles. The predicted molar refractivity (Wildman–Crippen MR) is 132 cm³/mol. The van der Waals surface area contributed by atoms with E-state index < -0.39 is 11.7 Å². The third kappa shape index (κ3) is 6.00. The molecule has 0 aromatic carbocycles. The van der Waals surface area contributed by atoms with Crippen molar-refractivity contribution in [1.29, 1.82) is 0 Å².